The smallest absolute Gasteiger partial charge is 0.317 e. The summed E-state index contributed by atoms with van der Waals surface area (Å²) in [6.45, 7) is 2.29. The van der Waals surface area contributed by atoms with Gasteiger partial charge in [0.1, 0.15) is 0 Å². The molecule has 0 spiro atoms. The number of aliphatic carboxylic acids is 1. The Balaban J connectivity index is 0. The van der Waals surface area contributed by atoms with E-state index in [0.29, 0.717) is 6.61 Å². The van der Waals surface area contributed by atoms with Crippen LogP contribution in [0.1, 0.15) is 13.3 Å². The lowest BCUT2D eigenvalue weighted by Gasteiger charge is -1.84. The van der Waals surface area contributed by atoms with E-state index >= 15 is 0 Å². The summed E-state index contributed by atoms with van der Waals surface area (Å²) in [5.74, 6) is -0.822. The molecular weight excluding hydrogens is 134 g/mol. The zero-order chi connectivity index (χ0) is 8.41. The van der Waals surface area contributed by atoms with Crippen molar-refractivity contribution in [3.63, 3.8) is 0 Å². The third kappa shape index (κ3) is 26.3. The van der Waals surface area contributed by atoms with Crippen LogP contribution in [0.15, 0.2) is 0 Å². The van der Waals surface area contributed by atoms with Gasteiger partial charge in [-0.25, -0.2) is 0 Å². The van der Waals surface area contributed by atoms with Gasteiger partial charge in [-0.1, -0.05) is 6.92 Å². The highest BCUT2D eigenvalue weighted by Crippen LogP contribution is 1.61. The summed E-state index contributed by atoms with van der Waals surface area (Å²) in [5, 5.41) is 18.2. The fourth-order valence-electron chi connectivity index (χ4n) is 0.151. The van der Waals surface area contributed by atoms with Gasteiger partial charge in [0, 0.05) is 6.61 Å². The molecule has 0 aliphatic carbocycles. The molecule has 0 fully saturated rings. The minimum Gasteiger partial charge on any atom is -0.480 e. The average Bonchev–Trinajstić information content (AvgIpc) is 1.89. The fourth-order valence-corrected chi connectivity index (χ4v) is 0.151. The number of hydrogen-bond donors (Lipinski definition) is 3. The summed E-state index contributed by atoms with van der Waals surface area (Å²) in [7, 11) is 1.59. The number of likely N-dealkylation sites (N-methyl/N-ethyl adjacent to an activating group) is 1. The monoisotopic (exact) mass is 149 g/mol. The van der Waals surface area contributed by atoms with Crippen LogP contribution in [0.5, 0.6) is 0 Å². The van der Waals surface area contributed by atoms with Gasteiger partial charge in [-0.05, 0) is 13.5 Å². The molecule has 0 aromatic heterocycles. The van der Waals surface area contributed by atoms with Crippen molar-refractivity contribution in [1.29, 1.82) is 0 Å². The first-order valence-corrected chi connectivity index (χ1v) is 3.16. The van der Waals surface area contributed by atoms with Crippen LogP contribution in [0.3, 0.4) is 0 Å². The van der Waals surface area contributed by atoms with Gasteiger partial charge in [0.2, 0.25) is 0 Å². The van der Waals surface area contributed by atoms with E-state index < -0.39 is 5.97 Å². The number of hydrogen-bond acceptors (Lipinski definition) is 3. The fraction of sp³-hybridized carbons (Fsp3) is 0.833. The van der Waals surface area contributed by atoms with Crippen molar-refractivity contribution in [2.24, 2.45) is 0 Å². The van der Waals surface area contributed by atoms with Gasteiger partial charge < -0.3 is 15.5 Å². The summed E-state index contributed by atoms with van der Waals surface area (Å²) in [6.07, 6.45) is 0.875. The molecule has 10 heavy (non-hydrogen) atoms. The van der Waals surface area contributed by atoms with Crippen LogP contribution in [0.25, 0.3) is 0 Å². The molecule has 0 heterocycles. The summed E-state index contributed by atoms with van der Waals surface area (Å²) in [5.41, 5.74) is 0. The van der Waals surface area contributed by atoms with Gasteiger partial charge in [-0.2, -0.15) is 0 Å². The Hall–Kier alpha value is -0.610. The largest absolute Gasteiger partial charge is 0.480 e. The standard InChI is InChI=1S/C3H7NO2.C3H8O/c1-4-2-3(5)6;1-2-3-4/h4H,2H2,1H3,(H,5,6);4H,2-3H2,1H3. The van der Waals surface area contributed by atoms with Crippen LogP contribution >= 0.6 is 0 Å². The Morgan fingerprint density at radius 1 is 1.60 bits per heavy atom. The number of carboxylic acid groups (broad SMARTS) is 1. The molecule has 0 unspecified atom stereocenters. The van der Waals surface area contributed by atoms with Crippen LogP contribution in [0.4, 0.5) is 0 Å². The zero-order valence-electron chi connectivity index (χ0n) is 6.42. The van der Waals surface area contributed by atoms with Crippen molar-refractivity contribution in [3.05, 3.63) is 0 Å². The van der Waals surface area contributed by atoms with E-state index in [4.69, 9.17) is 10.2 Å². The first-order chi connectivity index (χ1) is 4.68. The van der Waals surface area contributed by atoms with E-state index in [-0.39, 0.29) is 6.54 Å². The molecule has 0 aliphatic rings. The molecule has 0 rings (SSSR count). The number of rotatable bonds is 3. The lowest BCUT2D eigenvalue weighted by atomic mass is 10.5. The molecule has 0 saturated carbocycles. The second kappa shape index (κ2) is 11.2. The highest BCUT2D eigenvalue weighted by Gasteiger charge is 1.86. The summed E-state index contributed by atoms with van der Waals surface area (Å²) < 4.78 is 0. The Morgan fingerprint density at radius 2 is 2.00 bits per heavy atom. The maximum atomic E-state index is 9.54. The normalized spacial score (nSPS) is 7.90. The van der Waals surface area contributed by atoms with Gasteiger partial charge in [0.25, 0.3) is 0 Å². The summed E-state index contributed by atoms with van der Waals surface area (Å²) in [6, 6.07) is 0. The van der Waals surface area contributed by atoms with E-state index in [0.717, 1.165) is 6.42 Å². The Morgan fingerprint density at radius 3 is 2.00 bits per heavy atom. The van der Waals surface area contributed by atoms with Gasteiger partial charge in [-0.15, -0.1) is 0 Å². The minimum atomic E-state index is -0.822. The molecule has 62 valence electrons. The van der Waals surface area contributed by atoms with Gasteiger partial charge in [0.05, 0.1) is 6.54 Å². The highest BCUT2D eigenvalue weighted by molar-refractivity contribution is 5.68. The lowest BCUT2D eigenvalue weighted by Crippen LogP contribution is -2.16. The molecule has 0 amide bonds. The SMILES string of the molecule is CCCO.CNCC(=O)O. The molecule has 0 aromatic rings. The molecule has 4 nitrogen and oxygen atoms in total. The third-order valence-electron chi connectivity index (χ3n) is 0.552. The van der Waals surface area contributed by atoms with Crippen LogP contribution in [-0.4, -0.2) is 36.4 Å². The molecule has 4 heteroatoms. The van der Waals surface area contributed by atoms with E-state index in [9.17, 15) is 4.79 Å². The van der Waals surface area contributed by atoms with Crippen LogP contribution in [-0.2, 0) is 4.79 Å². The van der Waals surface area contributed by atoms with Crippen LogP contribution in [0, 0.1) is 0 Å². The molecule has 3 N–H and O–H groups in total. The maximum Gasteiger partial charge on any atom is 0.317 e. The number of aliphatic hydroxyl groups excluding tert-OH is 1. The molecule has 0 saturated heterocycles. The molecule has 0 aromatic carbocycles. The second-order valence-corrected chi connectivity index (χ2v) is 1.65. The van der Waals surface area contributed by atoms with Crippen molar-refractivity contribution in [2.75, 3.05) is 20.2 Å². The van der Waals surface area contributed by atoms with Crippen molar-refractivity contribution in [3.8, 4) is 0 Å². The molecule has 0 aliphatic heterocycles. The molecular formula is C6H15NO3. The number of aliphatic hydroxyl groups is 1. The van der Waals surface area contributed by atoms with Crippen molar-refractivity contribution in [1.82, 2.24) is 5.32 Å². The number of nitrogens with one attached hydrogen (secondary N) is 1. The summed E-state index contributed by atoms with van der Waals surface area (Å²) in [4.78, 5) is 9.54. The van der Waals surface area contributed by atoms with Gasteiger partial charge >= 0.3 is 5.97 Å². The quantitative estimate of drug-likeness (QED) is 0.514. The predicted molar refractivity (Wildman–Crippen MR) is 38.9 cm³/mol. The van der Waals surface area contributed by atoms with E-state index in [1.54, 1.807) is 7.05 Å². The topological polar surface area (TPSA) is 69.6 Å². The first kappa shape index (κ1) is 12.1. The van der Waals surface area contributed by atoms with Crippen molar-refractivity contribution < 1.29 is 15.0 Å². The van der Waals surface area contributed by atoms with E-state index in [1.807, 2.05) is 6.92 Å². The molecule has 0 radical (unpaired) electrons. The second-order valence-electron chi connectivity index (χ2n) is 1.65. The van der Waals surface area contributed by atoms with Gasteiger partial charge in [0.15, 0.2) is 0 Å². The average molecular weight is 149 g/mol. The number of carbonyl (C=O) groups is 1. The predicted octanol–water partition coefficient (Wildman–Crippen LogP) is -0.321. The third-order valence-corrected chi connectivity index (χ3v) is 0.552. The Bertz CT molecular complexity index is 73.4. The first-order valence-electron chi connectivity index (χ1n) is 3.16. The van der Waals surface area contributed by atoms with Gasteiger partial charge in [-0.3, -0.25) is 4.79 Å². The van der Waals surface area contributed by atoms with Crippen LogP contribution in [0.2, 0.25) is 0 Å². The zero-order valence-corrected chi connectivity index (χ0v) is 6.42. The maximum absolute atomic E-state index is 9.54. The highest BCUT2D eigenvalue weighted by atomic mass is 16.4. The minimum absolute atomic E-state index is 0.0417. The van der Waals surface area contributed by atoms with Crippen molar-refractivity contribution >= 4 is 5.97 Å². The summed E-state index contributed by atoms with van der Waals surface area (Å²) >= 11 is 0. The molecule has 0 atom stereocenters. The lowest BCUT2D eigenvalue weighted by molar-refractivity contribution is -0.135. The Kier molecular flexibility index (Phi) is 13.6. The molecule has 0 bridgehead atoms. The Labute approximate surface area is 60.9 Å². The van der Waals surface area contributed by atoms with E-state index in [1.165, 1.54) is 0 Å². The van der Waals surface area contributed by atoms with E-state index in [2.05, 4.69) is 5.32 Å². The van der Waals surface area contributed by atoms with Crippen LogP contribution < -0.4 is 5.32 Å². The van der Waals surface area contributed by atoms with Crippen molar-refractivity contribution in [2.45, 2.75) is 13.3 Å². The number of carboxylic acids is 1.